The number of piperazine rings is 1. The molecule has 0 radical (unpaired) electrons. The Kier molecular flexibility index (Phi) is 12.8. The first-order chi connectivity index (χ1) is 31.8. The van der Waals surface area contributed by atoms with Gasteiger partial charge in [0, 0.05) is 75.9 Å². The number of hydrogen-bond acceptors (Lipinski definition) is 14. The van der Waals surface area contributed by atoms with Crippen molar-refractivity contribution in [2.75, 3.05) is 93.1 Å². The van der Waals surface area contributed by atoms with Crippen LogP contribution in [0, 0.1) is 0 Å². The van der Waals surface area contributed by atoms with Crippen molar-refractivity contribution in [2.45, 2.75) is 88.1 Å². The average molecular weight is 914 g/mol. The molecule has 2 unspecified atom stereocenters. The van der Waals surface area contributed by atoms with Gasteiger partial charge >= 0.3 is 5.92 Å². The molecular formula is C46H57F2N11O7. The van der Waals surface area contributed by atoms with Crippen molar-refractivity contribution >= 4 is 58.4 Å². The normalized spacial score (nSPS) is 23.2. The predicted octanol–water partition coefficient (Wildman–Crippen LogP) is 3.25. The van der Waals surface area contributed by atoms with Gasteiger partial charge in [-0.25, -0.2) is 4.98 Å². The number of aliphatic hydroxyl groups is 1. The number of anilines is 5. The van der Waals surface area contributed by atoms with Crippen molar-refractivity contribution in [3.05, 3.63) is 59.3 Å². The van der Waals surface area contributed by atoms with E-state index in [1.54, 1.807) is 29.2 Å². The molecule has 1 aromatic heterocycles. The predicted molar refractivity (Wildman–Crippen MR) is 240 cm³/mol. The topological polar surface area (TPSA) is 196 Å². The van der Waals surface area contributed by atoms with Crippen LogP contribution in [0.25, 0.3) is 0 Å². The first-order valence-electron chi connectivity index (χ1n) is 23.0. The zero-order chi connectivity index (χ0) is 46.3. The number of benzene rings is 2. The minimum atomic E-state index is -3.58. The molecule has 1 aliphatic carbocycles. The Morgan fingerprint density at radius 1 is 0.939 bits per heavy atom. The average Bonchev–Trinajstić information content (AvgIpc) is 3.93. The lowest BCUT2D eigenvalue weighted by Crippen LogP contribution is -2.53. The van der Waals surface area contributed by atoms with E-state index in [4.69, 9.17) is 4.74 Å². The summed E-state index contributed by atoms with van der Waals surface area (Å²) in [5.74, 6) is -5.65. The SMILES string of the molecule is COc1cc(C(=O)NC2CCN(CCCN3CCN(c4cccc5c4C(=O)N(C4CCC(=O)NC4=O)C5O)CC3)CC2)ccc1Nc1ncc2c(n1)N(C1CCCC1)CC(F)(F)C(=O)N2C. The fourth-order valence-electron chi connectivity index (χ4n) is 10.4. The number of nitrogens with zero attached hydrogens (tertiary/aromatic N) is 8. The summed E-state index contributed by atoms with van der Waals surface area (Å²) in [5.41, 5.74) is 2.77. The Labute approximate surface area is 381 Å². The number of likely N-dealkylation sites (tertiary alicyclic amines) is 1. The van der Waals surface area contributed by atoms with Gasteiger partial charge in [0.1, 0.15) is 17.5 Å². The molecule has 2 aromatic carbocycles. The van der Waals surface area contributed by atoms with Crippen LogP contribution in [-0.2, 0) is 14.4 Å². The van der Waals surface area contributed by atoms with Gasteiger partial charge in [-0.1, -0.05) is 25.0 Å². The molecular weight excluding hydrogens is 857 g/mol. The highest BCUT2D eigenvalue weighted by Gasteiger charge is 2.49. The first kappa shape index (κ1) is 45.2. The molecule has 5 amide bonds. The van der Waals surface area contributed by atoms with Crippen LogP contribution in [0.1, 0.15) is 90.3 Å². The molecule has 3 saturated heterocycles. The number of amides is 5. The van der Waals surface area contributed by atoms with Crippen molar-refractivity contribution in [3.63, 3.8) is 0 Å². The Morgan fingerprint density at radius 2 is 1.67 bits per heavy atom. The Bertz CT molecular complexity index is 2370. The van der Waals surface area contributed by atoms with Crippen molar-refractivity contribution in [1.82, 2.24) is 35.3 Å². The van der Waals surface area contributed by atoms with E-state index in [1.165, 1.54) is 25.3 Å². The number of carbonyl (C=O) groups is 5. The summed E-state index contributed by atoms with van der Waals surface area (Å²) in [6.45, 7) is 5.90. The number of ether oxygens (including phenoxy) is 1. The third kappa shape index (κ3) is 8.97. The van der Waals surface area contributed by atoms with Crippen LogP contribution in [0.3, 0.4) is 0 Å². The minimum Gasteiger partial charge on any atom is -0.495 e. The smallest absolute Gasteiger partial charge is 0.342 e. The van der Waals surface area contributed by atoms with Crippen LogP contribution >= 0.6 is 0 Å². The maximum atomic E-state index is 15.1. The molecule has 66 heavy (non-hydrogen) atoms. The van der Waals surface area contributed by atoms with Gasteiger partial charge in [0.15, 0.2) is 12.0 Å². The number of alkyl halides is 2. The Balaban J connectivity index is 0.731. The summed E-state index contributed by atoms with van der Waals surface area (Å²) in [6, 6.07) is 9.41. The van der Waals surface area contributed by atoms with E-state index < -0.39 is 42.5 Å². The second-order valence-electron chi connectivity index (χ2n) is 18.1. The number of nitrogens with one attached hydrogen (secondary N) is 3. The number of imide groups is 1. The van der Waals surface area contributed by atoms with Crippen LogP contribution in [0.4, 0.5) is 37.6 Å². The molecule has 3 aromatic rings. The second kappa shape index (κ2) is 18.7. The Morgan fingerprint density at radius 3 is 2.38 bits per heavy atom. The van der Waals surface area contributed by atoms with E-state index in [1.807, 2.05) is 12.1 Å². The van der Waals surface area contributed by atoms with E-state index in [0.29, 0.717) is 41.2 Å². The van der Waals surface area contributed by atoms with Crippen LogP contribution < -0.4 is 35.4 Å². The van der Waals surface area contributed by atoms with Crippen molar-refractivity contribution in [3.8, 4) is 5.75 Å². The van der Waals surface area contributed by atoms with Gasteiger partial charge < -0.3 is 40.1 Å². The Hall–Kier alpha value is -5.99. The third-order valence-corrected chi connectivity index (χ3v) is 14.0. The number of piperidine rings is 2. The highest BCUT2D eigenvalue weighted by atomic mass is 19.3. The molecule has 352 valence electrons. The van der Waals surface area contributed by atoms with Crippen LogP contribution in [-0.4, -0.2) is 156 Å². The molecule has 9 rings (SSSR count). The quantitative estimate of drug-likeness (QED) is 0.194. The fourth-order valence-corrected chi connectivity index (χ4v) is 10.4. The largest absolute Gasteiger partial charge is 0.495 e. The highest BCUT2D eigenvalue weighted by molar-refractivity contribution is 6.08. The number of halogens is 2. The lowest BCUT2D eigenvalue weighted by Gasteiger charge is -2.37. The highest BCUT2D eigenvalue weighted by Crippen LogP contribution is 2.42. The molecule has 18 nitrogen and oxygen atoms in total. The standard InChI is InChI=1S/C46H57F2N11O7/c1-54-35-26-49-45(53-39(35)58(30-7-3-4-8-30)27-46(47,48)44(54)65)51-32-12-11-28(25-36(32)66-2)40(61)50-29-15-19-55(20-16-29)17-6-18-56-21-23-57(24-22-56)33-10-5-9-31-38(33)43(64)59(42(31)63)34-13-14-37(60)52-41(34)62/h5,9-12,25-26,29-30,34,42,63H,3-4,6-8,13-24,27H2,1-2H3,(H,50,61)(H,49,51,53)(H,52,60,62). The molecule has 1 saturated carbocycles. The van der Waals surface area contributed by atoms with Crippen molar-refractivity contribution < 1.29 is 42.6 Å². The number of aliphatic hydroxyl groups excluding tert-OH is 1. The van der Waals surface area contributed by atoms with Crippen LogP contribution in [0.15, 0.2) is 42.6 Å². The van der Waals surface area contributed by atoms with Gasteiger partial charge in [0.05, 0.1) is 36.8 Å². The number of aromatic nitrogens is 2. The molecule has 20 heteroatoms. The molecule has 0 bridgehead atoms. The summed E-state index contributed by atoms with van der Waals surface area (Å²) in [4.78, 5) is 83.9. The lowest BCUT2D eigenvalue weighted by atomic mass is 10.0. The van der Waals surface area contributed by atoms with Gasteiger partial charge in [-0.3, -0.25) is 39.1 Å². The summed E-state index contributed by atoms with van der Waals surface area (Å²) in [5, 5.41) is 19.7. The molecule has 0 spiro atoms. The van der Waals surface area contributed by atoms with Crippen LogP contribution in [0.2, 0.25) is 0 Å². The van der Waals surface area contributed by atoms with Crippen molar-refractivity contribution in [1.29, 1.82) is 0 Å². The molecule has 6 aliphatic rings. The van der Waals surface area contributed by atoms with Gasteiger partial charge in [-0.2, -0.15) is 13.8 Å². The number of carbonyl (C=O) groups excluding carboxylic acids is 5. The van der Waals surface area contributed by atoms with Gasteiger partial charge in [-0.15, -0.1) is 0 Å². The zero-order valence-corrected chi connectivity index (χ0v) is 37.3. The van der Waals surface area contributed by atoms with E-state index in [-0.39, 0.29) is 54.2 Å². The first-order valence-corrected chi connectivity index (χ1v) is 23.0. The fraction of sp³-hybridized carbons (Fsp3) is 0.543. The molecule has 5 aliphatic heterocycles. The second-order valence-corrected chi connectivity index (χ2v) is 18.1. The lowest BCUT2D eigenvalue weighted by molar-refractivity contribution is -0.141. The molecule has 4 N–H and O–H groups in total. The van der Waals surface area contributed by atoms with Gasteiger partial charge in [0.25, 0.3) is 17.7 Å². The summed E-state index contributed by atoms with van der Waals surface area (Å²) < 4.78 is 35.8. The number of methoxy groups -OCH3 is 1. The van der Waals surface area contributed by atoms with Crippen molar-refractivity contribution in [2.24, 2.45) is 0 Å². The summed E-state index contributed by atoms with van der Waals surface area (Å²) in [6.07, 6.45) is 6.33. The zero-order valence-electron chi connectivity index (χ0n) is 37.3. The minimum absolute atomic E-state index is 0.0161. The number of hydrogen-bond donors (Lipinski definition) is 4. The number of rotatable bonds is 12. The van der Waals surface area contributed by atoms with E-state index in [0.717, 1.165) is 94.8 Å². The maximum absolute atomic E-state index is 15.1. The third-order valence-electron chi connectivity index (χ3n) is 14.0. The van der Waals surface area contributed by atoms with Crippen LogP contribution in [0.5, 0.6) is 5.75 Å². The van der Waals surface area contributed by atoms with E-state index >= 15 is 8.78 Å². The van der Waals surface area contributed by atoms with E-state index in [2.05, 4.69) is 40.6 Å². The monoisotopic (exact) mass is 913 g/mol. The molecule has 6 heterocycles. The van der Waals surface area contributed by atoms with Gasteiger partial charge in [-0.05, 0) is 75.9 Å². The number of fused-ring (bicyclic) bond motifs is 2. The summed E-state index contributed by atoms with van der Waals surface area (Å²) >= 11 is 0. The van der Waals surface area contributed by atoms with Gasteiger partial charge in [0.2, 0.25) is 17.8 Å². The summed E-state index contributed by atoms with van der Waals surface area (Å²) in [7, 11) is 2.81. The molecule has 4 fully saturated rings. The van der Waals surface area contributed by atoms with E-state index in [9.17, 15) is 29.1 Å². The maximum Gasteiger partial charge on any atom is 0.342 e. The molecule has 2 atom stereocenters.